The fourth-order valence-corrected chi connectivity index (χ4v) is 4.39. The summed E-state index contributed by atoms with van der Waals surface area (Å²) in [4.78, 5) is 44.3. The summed E-state index contributed by atoms with van der Waals surface area (Å²) in [5, 5.41) is 2.86. The Morgan fingerprint density at radius 3 is 2.68 bits per heavy atom. The van der Waals surface area contributed by atoms with Crippen LogP contribution in [0.2, 0.25) is 0 Å². The Hall–Kier alpha value is -2.61. The molecule has 3 amide bonds. The van der Waals surface area contributed by atoms with E-state index in [2.05, 4.69) is 10.2 Å². The number of hydrogen-bond donors (Lipinski definition) is 1. The predicted molar refractivity (Wildman–Crippen MR) is 121 cm³/mol. The topological polar surface area (TPSA) is 82.2 Å². The van der Waals surface area contributed by atoms with Gasteiger partial charge in [0.2, 0.25) is 11.8 Å². The Balaban J connectivity index is 1.89. The molecule has 2 aliphatic heterocycles. The summed E-state index contributed by atoms with van der Waals surface area (Å²) in [7, 11) is 1.62. The monoisotopic (exact) mass is 430 g/mol. The minimum absolute atomic E-state index is 0.0495. The lowest BCUT2D eigenvalue weighted by atomic mass is 9.95. The van der Waals surface area contributed by atoms with Gasteiger partial charge < -0.3 is 19.9 Å². The average molecular weight is 431 g/mol. The molecule has 1 aromatic carbocycles. The molecule has 1 saturated heterocycles. The lowest BCUT2D eigenvalue weighted by Crippen LogP contribution is -2.57. The highest BCUT2D eigenvalue weighted by Gasteiger charge is 2.40. The zero-order chi connectivity index (χ0) is 22.4. The molecule has 8 nitrogen and oxygen atoms in total. The number of carbonyl (C=O) groups excluding carboxylic acids is 3. The first kappa shape index (κ1) is 23.1. The van der Waals surface area contributed by atoms with Gasteiger partial charge in [-0.2, -0.15) is 0 Å². The maximum Gasteiger partial charge on any atom is 0.253 e. The number of methoxy groups -OCH3 is 1. The second-order valence-corrected chi connectivity index (χ2v) is 8.01. The molecule has 0 bridgehead atoms. The first-order valence-corrected chi connectivity index (χ1v) is 11.3. The first-order chi connectivity index (χ1) is 15.0. The number of piperidine rings is 1. The molecule has 31 heavy (non-hydrogen) atoms. The number of rotatable bonds is 9. The number of nitrogens with zero attached hydrogens (tertiary/aromatic N) is 3. The van der Waals surface area contributed by atoms with Crippen molar-refractivity contribution in [3.8, 4) is 0 Å². The highest BCUT2D eigenvalue weighted by atomic mass is 16.5. The van der Waals surface area contributed by atoms with Gasteiger partial charge in [0, 0.05) is 45.5 Å². The number of hydrogen-bond acceptors (Lipinski definition) is 5. The van der Waals surface area contributed by atoms with Crippen LogP contribution in [-0.2, 0) is 14.3 Å². The van der Waals surface area contributed by atoms with Crippen LogP contribution >= 0.6 is 0 Å². The molecular weight excluding hydrogens is 396 g/mol. The largest absolute Gasteiger partial charge is 0.385 e. The summed E-state index contributed by atoms with van der Waals surface area (Å²) >= 11 is 0. The molecule has 1 aromatic rings. The van der Waals surface area contributed by atoms with Gasteiger partial charge in [0.05, 0.1) is 11.4 Å². The van der Waals surface area contributed by atoms with Crippen LogP contribution in [0.25, 0.3) is 0 Å². The lowest BCUT2D eigenvalue weighted by Gasteiger charge is -2.45. The van der Waals surface area contributed by atoms with Crippen molar-refractivity contribution in [3.63, 3.8) is 0 Å². The molecule has 2 heterocycles. The van der Waals surface area contributed by atoms with Crippen LogP contribution in [-0.4, -0.2) is 75.1 Å². The smallest absolute Gasteiger partial charge is 0.253 e. The Labute approximate surface area is 184 Å². The molecule has 0 aromatic heterocycles. The molecule has 1 fully saturated rings. The number of anilines is 2. The fraction of sp³-hybridized carbons (Fsp3) is 0.609. The van der Waals surface area contributed by atoms with Gasteiger partial charge in [-0.1, -0.05) is 0 Å². The van der Waals surface area contributed by atoms with E-state index in [0.29, 0.717) is 43.9 Å². The maximum atomic E-state index is 13.4. The van der Waals surface area contributed by atoms with Crippen molar-refractivity contribution in [3.05, 3.63) is 23.8 Å². The van der Waals surface area contributed by atoms with E-state index in [1.807, 2.05) is 26.0 Å². The van der Waals surface area contributed by atoms with E-state index >= 15 is 0 Å². The van der Waals surface area contributed by atoms with E-state index in [0.717, 1.165) is 31.5 Å². The summed E-state index contributed by atoms with van der Waals surface area (Å²) in [5.41, 5.74) is 2.11. The summed E-state index contributed by atoms with van der Waals surface area (Å²) < 4.78 is 5.01. The molecule has 8 heteroatoms. The van der Waals surface area contributed by atoms with E-state index in [9.17, 15) is 14.4 Å². The SMILES string of the molecule is CCN(CC)C(=O)c1ccc2c(c1)N(CC(=O)NCCCOC)C(=O)C1CCCCN21. The Morgan fingerprint density at radius 2 is 1.97 bits per heavy atom. The Kier molecular flexibility index (Phi) is 7.90. The lowest BCUT2D eigenvalue weighted by molar-refractivity contribution is -0.125. The number of ether oxygens (including phenoxy) is 1. The molecule has 1 N–H and O–H groups in total. The van der Waals surface area contributed by atoms with E-state index in [4.69, 9.17) is 4.74 Å². The van der Waals surface area contributed by atoms with Gasteiger partial charge >= 0.3 is 0 Å². The third-order valence-corrected chi connectivity index (χ3v) is 6.08. The highest BCUT2D eigenvalue weighted by Crippen LogP contribution is 2.40. The molecule has 0 aliphatic carbocycles. The van der Waals surface area contributed by atoms with Gasteiger partial charge in [0.1, 0.15) is 12.6 Å². The Morgan fingerprint density at radius 1 is 1.19 bits per heavy atom. The molecule has 170 valence electrons. The van der Waals surface area contributed by atoms with Crippen LogP contribution in [0, 0.1) is 0 Å². The minimum Gasteiger partial charge on any atom is -0.385 e. The first-order valence-electron chi connectivity index (χ1n) is 11.3. The van der Waals surface area contributed by atoms with Gasteiger partial charge in [-0.15, -0.1) is 0 Å². The second kappa shape index (κ2) is 10.6. The summed E-state index contributed by atoms with van der Waals surface area (Å²) in [6.45, 7) is 6.96. The molecule has 0 saturated carbocycles. The zero-order valence-electron chi connectivity index (χ0n) is 18.9. The average Bonchev–Trinajstić information content (AvgIpc) is 2.80. The molecule has 1 unspecified atom stereocenters. The van der Waals surface area contributed by atoms with Crippen LogP contribution in [0.1, 0.15) is 49.9 Å². The minimum atomic E-state index is -0.244. The molecule has 2 aliphatic rings. The highest BCUT2D eigenvalue weighted by molar-refractivity contribution is 6.09. The number of fused-ring (bicyclic) bond motifs is 3. The van der Waals surface area contributed by atoms with Crippen molar-refractivity contribution < 1.29 is 19.1 Å². The van der Waals surface area contributed by atoms with Crippen LogP contribution in [0.3, 0.4) is 0 Å². The predicted octanol–water partition coefficient (Wildman–Crippen LogP) is 2.03. The number of amides is 3. The quantitative estimate of drug-likeness (QED) is 0.606. The van der Waals surface area contributed by atoms with Gasteiger partial charge in [-0.05, 0) is 57.7 Å². The van der Waals surface area contributed by atoms with Gasteiger partial charge in [0.25, 0.3) is 5.91 Å². The standard InChI is InChI=1S/C23H34N4O4/c1-4-25(5-2)22(29)17-10-11-18-20(15-17)27(16-21(28)24-12-8-14-31-3)23(30)19-9-6-7-13-26(18)19/h10-11,15,19H,4-9,12-14,16H2,1-3H3,(H,24,28). The third kappa shape index (κ3) is 5.01. The van der Waals surface area contributed by atoms with Gasteiger partial charge in [-0.3, -0.25) is 19.3 Å². The van der Waals surface area contributed by atoms with E-state index in [1.54, 1.807) is 23.0 Å². The molecular formula is C23H34N4O4. The number of benzene rings is 1. The normalized spacial score (nSPS) is 17.8. The van der Waals surface area contributed by atoms with Crippen molar-refractivity contribution in [1.82, 2.24) is 10.2 Å². The van der Waals surface area contributed by atoms with Crippen molar-refractivity contribution in [1.29, 1.82) is 0 Å². The van der Waals surface area contributed by atoms with E-state index in [1.165, 1.54) is 0 Å². The van der Waals surface area contributed by atoms with Gasteiger partial charge in [0.15, 0.2) is 0 Å². The Bertz CT molecular complexity index is 809. The van der Waals surface area contributed by atoms with Crippen LogP contribution in [0.15, 0.2) is 18.2 Å². The van der Waals surface area contributed by atoms with Crippen molar-refractivity contribution in [2.24, 2.45) is 0 Å². The van der Waals surface area contributed by atoms with Gasteiger partial charge in [-0.25, -0.2) is 0 Å². The fourth-order valence-electron chi connectivity index (χ4n) is 4.39. The zero-order valence-corrected chi connectivity index (χ0v) is 18.9. The van der Waals surface area contributed by atoms with Crippen molar-refractivity contribution in [2.45, 2.75) is 45.6 Å². The third-order valence-electron chi connectivity index (χ3n) is 6.08. The van der Waals surface area contributed by atoms with Crippen LogP contribution in [0.4, 0.5) is 11.4 Å². The number of carbonyl (C=O) groups is 3. The van der Waals surface area contributed by atoms with E-state index in [-0.39, 0.29) is 30.3 Å². The molecule has 3 rings (SSSR count). The van der Waals surface area contributed by atoms with Crippen molar-refractivity contribution >= 4 is 29.1 Å². The number of nitrogens with one attached hydrogen (secondary N) is 1. The van der Waals surface area contributed by atoms with Crippen LogP contribution < -0.4 is 15.1 Å². The molecule has 0 radical (unpaired) electrons. The molecule has 0 spiro atoms. The maximum absolute atomic E-state index is 13.4. The van der Waals surface area contributed by atoms with Crippen LogP contribution in [0.5, 0.6) is 0 Å². The summed E-state index contributed by atoms with van der Waals surface area (Å²) in [6, 6.07) is 5.30. The second-order valence-electron chi connectivity index (χ2n) is 8.01. The summed E-state index contributed by atoms with van der Waals surface area (Å²) in [6.07, 6.45) is 3.53. The molecule has 1 atom stereocenters. The van der Waals surface area contributed by atoms with E-state index < -0.39 is 0 Å². The van der Waals surface area contributed by atoms with Crippen molar-refractivity contribution in [2.75, 3.05) is 56.2 Å². The summed E-state index contributed by atoms with van der Waals surface area (Å²) in [5.74, 6) is -0.336.